The van der Waals surface area contributed by atoms with E-state index < -0.39 is 30.4 Å². The van der Waals surface area contributed by atoms with Crippen molar-refractivity contribution in [1.29, 1.82) is 0 Å². The number of hydrogen-bond acceptors (Lipinski definition) is 6. The predicted molar refractivity (Wildman–Crippen MR) is 107 cm³/mol. The van der Waals surface area contributed by atoms with Gasteiger partial charge in [0.25, 0.3) is 0 Å². The van der Waals surface area contributed by atoms with Crippen molar-refractivity contribution >= 4 is 12.1 Å². The van der Waals surface area contributed by atoms with Crippen molar-refractivity contribution in [2.75, 3.05) is 6.61 Å². The summed E-state index contributed by atoms with van der Waals surface area (Å²) < 4.78 is 28.2. The summed E-state index contributed by atoms with van der Waals surface area (Å²) in [6.45, 7) is 2.18. The molecule has 0 saturated carbocycles. The van der Waals surface area contributed by atoms with E-state index in [4.69, 9.17) is 14.2 Å². The van der Waals surface area contributed by atoms with Gasteiger partial charge in [0.1, 0.15) is 18.5 Å². The second-order valence-electron chi connectivity index (χ2n) is 7.06. The predicted octanol–water partition coefficient (Wildman–Crippen LogP) is 3.15. The zero-order valence-corrected chi connectivity index (χ0v) is 16.9. The van der Waals surface area contributed by atoms with Crippen LogP contribution in [0.1, 0.15) is 25.0 Å². The Bertz CT molecular complexity index is 797. The number of alkyl carbamates (subject to hydrolysis) is 1. The molecule has 7 nitrogen and oxygen atoms in total. The van der Waals surface area contributed by atoms with Crippen molar-refractivity contribution in [1.82, 2.24) is 5.32 Å². The number of esters is 1. The molecule has 1 unspecified atom stereocenters. The number of halogens is 1. The zero-order valence-electron chi connectivity index (χ0n) is 16.9. The Balaban J connectivity index is 1.99. The molecule has 2 aromatic rings. The topological polar surface area (TPSA) is 94.1 Å². The summed E-state index contributed by atoms with van der Waals surface area (Å²) in [5, 5.41) is 12.2. The van der Waals surface area contributed by atoms with Crippen LogP contribution in [0.25, 0.3) is 0 Å². The van der Waals surface area contributed by atoms with E-state index in [2.05, 4.69) is 5.32 Å². The summed E-state index contributed by atoms with van der Waals surface area (Å²) in [5.74, 6) is -1.21. The Morgan fingerprint density at radius 3 is 2.33 bits per heavy atom. The maximum atomic E-state index is 13.1. The number of benzene rings is 2. The number of carbonyl (C=O) groups is 2. The third kappa shape index (κ3) is 8.59. The second kappa shape index (κ2) is 11.9. The number of carbonyl (C=O) groups excluding carboxylic acids is 2. The van der Waals surface area contributed by atoms with E-state index >= 15 is 0 Å². The van der Waals surface area contributed by atoms with Crippen molar-refractivity contribution in [3.8, 4) is 0 Å². The molecule has 0 saturated heterocycles. The first-order chi connectivity index (χ1) is 14.3. The highest BCUT2D eigenvalue weighted by Gasteiger charge is 2.26. The third-order valence-electron chi connectivity index (χ3n) is 3.93. The van der Waals surface area contributed by atoms with Gasteiger partial charge in [0, 0.05) is 6.42 Å². The molecular weight excluding hydrogens is 393 g/mol. The van der Waals surface area contributed by atoms with Gasteiger partial charge >= 0.3 is 18.5 Å². The van der Waals surface area contributed by atoms with E-state index in [0.29, 0.717) is 5.56 Å². The molecule has 2 atom stereocenters. The van der Waals surface area contributed by atoms with E-state index in [1.54, 1.807) is 12.1 Å². The van der Waals surface area contributed by atoms with Crippen molar-refractivity contribution in [3.63, 3.8) is 0 Å². The van der Waals surface area contributed by atoms with Gasteiger partial charge < -0.3 is 24.6 Å². The lowest BCUT2D eigenvalue weighted by Gasteiger charge is -2.20. The van der Waals surface area contributed by atoms with Crippen LogP contribution >= 0.6 is 0 Å². The maximum Gasteiger partial charge on any atom is 0.408 e. The van der Waals surface area contributed by atoms with Gasteiger partial charge in [-0.3, -0.25) is 0 Å². The fourth-order valence-electron chi connectivity index (χ4n) is 2.45. The Morgan fingerprint density at radius 2 is 1.70 bits per heavy atom. The van der Waals surface area contributed by atoms with Crippen LogP contribution in [0.3, 0.4) is 0 Å². The monoisotopic (exact) mass is 419 g/mol. The van der Waals surface area contributed by atoms with Crippen LogP contribution in [0.4, 0.5) is 9.18 Å². The lowest BCUT2D eigenvalue weighted by molar-refractivity contribution is -0.257. The number of rotatable bonds is 10. The van der Waals surface area contributed by atoms with Crippen molar-refractivity contribution in [2.24, 2.45) is 5.92 Å². The van der Waals surface area contributed by atoms with Crippen LogP contribution in [-0.2, 0) is 32.0 Å². The molecule has 0 heterocycles. The van der Waals surface area contributed by atoms with E-state index in [1.165, 1.54) is 24.3 Å². The van der Waals surface area contributed by atoms with Crippen LogP contribution in [0.5, 0.6) is 0 Å². The minimum atomic E-state index is -1.77. The number of aliphatic hydroxyl groups excluding tert-OH is 1. The highest BCUT2D eigenvalue weighted by atomic mass is 19.1. The highest BCUT2D eigenvalue weighted by molar-refractivity contribution is 5.81. The SMILES string of the molecule is CC(C)COC(O)OC(=O)[C@H](Cc1ccc(F)cc1)NC(=O)OCc1ccccc1. The highest BCUT2D eigenvalue weighted by Crippen LogP contribution is 2.09. The quantitative estimate of drug-likeness (QED) is 0.454. The maximum absolute atomic E-state index is 13.1. The molecule has 0 spiro atoms. The molecular formula is C22H26FNO6. The summed E-state index contributed by atoms with van der Waals surface area (Å²) in [6, 6.07) is 13.3. The van der Waals surface area contributed by atoms with Crippen molar-refractivity contribution in [2.45, 2.75) is 39.4 Å². The molecule has 2 aromatic carbocycles. The Labute approximate surface area is 174 Å². The molecule has 30 heavy (non-hydrogen) atoms. The van der Waals surface area contributed by atoms with E-state index in [0.717, 1.165) is 5.56 Å². The molecule has 0 aliphatic carbocycles. The third-order valence-corrected chi connectivity index (χ3v) is 3.93. The lowest BCUT2D eigenvalue weighted by Crippen LogP contribution is -2.45. The summed E-state index contributed by atoms with van der Waals surface area (Å²) in [5.41, 5.74) is 1.36. The standard InChI is InChI=1S/C22H26FNO6/c1-15(2)13-29-22(27)30-20(25)19(12-16-8-10-18(23)11-9-16)24-21(26)28-14-17-6-4-3-5-7-17/h3-11,15,19,22,27H,12-14H2,1-2H3,(H,24,26)/t19-,22?/m0/s1. The molecule has 0 aromatic heterocycles. The van der Waals surface area contributed by atoms with Crippen molar-refractivity contribution in [3.05, 3.63) is 71.5 Å². The van der Waals surface area contributed by atoms with Crippen LogP contribution in [0.15, 0.2) is 54.6 Å². The van der Waals surface area contributed by atoms with Gasteiger partial charge in [-0.25, -0.2) is 14.0 Å². The average Bonchev–Trinajstić information content (AvgIpc) is 2.72. The first kappa shape index (κ1) is 23.3. The van der Waals surface area contributed by atoms with Gasteiger partial charge in [0.2, 0.25) is 0 Å². The minimum Gasteiger partial charge on any atom is -0.445 e. The van der Waals surface area contributed by atoms with Gasteiger partial charge in [-0.1, -0.05) is 56.3 Å². The van der Waals surface area contributed by atoms with Gasteiger partial charge in [-0.2, -0.15) is 0 Å². The Morgan fingerprint density at radius 1 is 1.03 bits per heavy atom. The molecule has 1 amide bonds. The van der Waals surface area contributed by atoms with Crippen LogP contribution in [0, 0.1) is 11.7 Å². The van der Waals surface area contributed by atoms with Crippen LogP contribution in [-0.4, -0.2) is 36.3 Å². The molecule has 0 fully saturated rings. The van der Waals surface area contributed by atoms with Crippen LogP contribution in [0.2, 0.25) is 0 Å². The van der Waals surface area contributed by atoms with Crippen molar-refractivity contribution < 1.29 is 33.3 Å². The number of nitrogens with one attached hydrogen (secondary N) is 1. The molecule has 0 aliphatic rings. The smallest absolute Gasteiger partial charge is 0.408 e. The normalized spacial score (nSPS) is 12.8. The van der Waals surface area contributed by atoms with Gasteiger partial charge in [-0.05, 0) is 29.2 Å². The molecule has 0 aliphatic heterocycles. The molecule has 2 rings (SSSR count). The second-order valence-corrected chi connectivity index (χ2v) is 7.06. The van der Waals surface area contributed by atoms with E-state index in [1.807, 2.05) is 32.0 Å². The van der Waals surface area contributed by atoms with Gasteiger partial charge in [0.15, 0.2) is 0 Å². The fraction of sp³-hybridized carbons (Fsp3) is 0.364. The minimum absolute atomic E-state index is 0.0104. The van der Waals surface area contributed by atoms with Gasteiger partial charge in [0.05, 0.1) is 6.61 Å². The number of amides is 1. The largest absolute Gasteiger partial charge is 0.445 e. The van der Waals surface area contributed by atoms with Gasteiger partial charge in [-0.15, -0.1) is 0 Å². The molecule has 0 bridgehead atoms. The first-order valence-electron chi connectivity index (χ1n) is 9.55. The van der Waals surface area contributed by atoms with E-state index in [-0.39, 0.29) is 25.6 Å². The summed E-state index contributed by atoms with van der Waals surface area (Å²) in [7, 11) is 0. The molecule has 162 valence electrons. The summed E-state index contributed by atoms with van der Waals surface area (Å²) in [6.07, 6.45) is -0.822. The lowest BCUT2D eigenvalue weighted by atomic mass is 10.1. The number of aliphatic hydroxyl groups is 1. The zero-order chi connectivity index (χ0) is 21.9. The van der Waals surface area contributed by atoms with Crippen LogP contribution < -0.4 is 5.32 Å². The fourth-order valence-corrected chi connectivity index (χ4v) is 2.45. The average molecular weight is 419 g/mol. The molecule has 8 heteroatoms. The molecule has 2 N–H and O–H groups in total. The first-order valence-corrected chi connectivity index (χ1v) is 9.55. The Hall–Kier alpha value is -2.97. The molecule has 0 radical (unpaired) electrons. The Kier molecular flexibility index (Phi) is 9.24. The summed E-state index contributed by atoms with van der Waals surface area (Å²) in [4.78, 5) is 24.7. The van der Waals surface area contributed by atoms with E-state index in [9.17, 15) is 19.1 Å². The number of hydrogen-bond donors (Lipinski definition) is 2. The number of ether oxygens (including phenoxy) is 3. The summed E-state index contributed by atoms with van der Waals surface area (Å²) >= 11 is 0.